The van der Waals surface area contributed by atoms with E-state index >= 15 is 0 Å². The van der Waals surface area contributed by atoms with Crippen molar-refractivity contribution < 1.29 is 19.4 Å². The van der Waals surface area contributed by atoms with Crippen molar-refractivity contribution >= 4 is 11.9 Å². The highest BCUT2D eigenvalue weighted by atomic mass is 16.5. The lowest BCUT2D eigenvalue weighted by atomic mass is 10.1. The summed E-state index contributed by atoms with van der Waals surface area (Å²) in [6.45, 7) is 5.69. The van der Waals surface area contributed by atoms with Crippen molar-refractivity contribution in [2.24, 2.45) is 0 Å². The molecule has 1 rings (SSSR count). The van der Waals surface area contributed by atoms with Crippen molar-refractivity contribution in [1.29, 1.82) is 0 Å². The van der Waals surface area contributed by atoms with Gasteiger partial charge in [0.25, 0.3) is 5.91 Å². The lowest BCUT2D eigenvalue weighted by Gasteiger charge is -2.17. The van der Waals surface area contributed by atoms with Gasteiger partial charge in [0.1, 0.15) is 5.75 Å². The Morgan fingerprint density at radius 2 is 1.90 bits per heavy atom. The molecule has 1 amide bonds. The van der Waals surface area contributed by atoms with E-state index in [4.69, 9.17) is 9.84 Å². The molecule has 1 atom stereocenters. The lowest BCUT2D eigenvalue weighted by molar-refractivity contribution is -0.137. The third-order valence-corrected chi connectivity index (χ3v) is 3.18. The number of benzene rings is 1. The molecule has 1 aromatic rings. The van der Waals surface area contributed by atoms with Gasteiger partial charge in [0, 0.05) is 6.04 Å². The summed E-state index contributed by atoms with van der Waals surface area (Å²) in [6.07, 6.45) is 1.39. The van der Waals surface area contributed by atoms with Gasteiger partial charge in [0.2, 0.25) is 0 Å². The van der Waals surface area contributed by atoms with Crippen molar-refractivity contribution in [2.45, 2.75) is 46.1 Å². The summed E-state index contributed by atoms with van der Waals surface area (Å²) in [4.78, 5) is 22.6. The Kier molecular flexibility index (Phi) is 6.72. The fourth-order valence-corrected chi connectivity index (χ4v) is 2.22. The molecule has 1 aromatic carbocycles. The fourth-order valence-electron chi connectivity index (χ4n) is 2.22. The predicted octanol–water partition coefficient (Wildman–Crippen LogP) is 2.44. The first-order chi connectivity index (χ1) is 9.93. The van der Waals surface area contributed by atoms with Crippen molar-refractivity contribution in [1.82, 2.24) is 5.32 Å². The molecule has 0 fully saturated rings. The molecule has 0 spiro atoms. The average Bonchev–Trinajstić information content (AvgIpc) is 2.37. The summed E-state index contributed by atoms with van der Waals surface area (Å²) in [5, 5.41) is 11.5. The number of carboxylic acids is 1. The first-order valence-corrected chi connectivity index (χ1v) is 7.14. The van der Waals surface area contributed by atoms with Crippen LogP contribution in [0.15, 0.2) is 18.2 Å². The van der Waals surface area contributed by atoms with Crippen LogP contribution in [0.4, 0.5) is 0 Å². The monoisotopic (exact) mass is 293 g/mol. The van der Waals surface area contributed by atoms with Gasteiger partial charge in [-0.15, -0.1) is 0 Å². The first kappa shape index (κ1) is 17.0. The Balaban J connectivity index is 2.54. The van der Waals surface area contributed by atoms with E-state index in [1.165, 1.54) is 0 Å². The Morgan fingerprint density at radius 3 is 2.43 bits per heavy atom. The molecule has 116 valence electrons. The van der Waals surface area contributed by atoms with Crippen molar-refractivity contribution in [3.8, 4) is 5.75 Å². The van der Waals surface area contributed by atoms with Crippen LogP contribution in [0.2, 0.25) is 0 Å². The molecule has 0 bridgehead atoms. The molecule has 0 saturated carbocycles. The van der Waals surface area contributed by atoms with Crippen LogP contribution in [0.1, 0.15) is 37.3 Å². The van der Waals surface area contributed by atoms with Gasteiger partial charge in [-0.2, -0.15) is 0 Å². The van der Waals surface area contributed by atoms with Crippen LogP contribution in [0, 0.1) is 13.8 Å². The number of carboxylic acid groups (broad SMARTS) is 1. The van der Waals surface area contributed by atoms with Gasteiger partial charge in [-0.25, -0.2) is 0 Å². The third kappa shape index (κ3) is 5.85. The van der Waals surface area contributed by atoms with E-state index in [-0.39, 0.29) is 25.0 Å². The van der Waals surface area contributed by atoms with Crippen molar-refractivity contribution in [2.75, 3.05) is 6.61 Å². The fraction of sp³-hybridized carbons (Fsp3) is 0.500. The minimum absolute atomic E-state index is 0.0665. The number of hydrogen-bond acceptors (Lipinski definition) is 3. The molecule has 0 heterocycles. The minimum atomic E-state index is -0.913. The summed E-state index contributed by atoms with van der Waals surface area (Å²) in [5.74, 6) is -0.500. The number of rotatable bonds is 8. The molecule has 1 unspecified atom stereocenters. The van der Waals surface area contributed by atoms with Crippen LogP contribution in [0.25, 0.3) is 0 Å². The van der Waals surface area contributed by atoms with E-state index in [0.29, 0.717) is 12.2 Å². The number of aryl methyl sites for hydroxylation is 2. The van der Waals surface area contributed by atoms with Gasteiger partial charge in [0.05, 0.1) is 6.42 Å². The van der Waals surface area contributed by atoms with Crippen molar-refractivity contribution in [3.05, 3.63) is 29.3 Å². The number of nitrogens with one attached hydrogen (secondary N) is 1. The summed E-state index contributed by atoms with van der Waals surface area (Å²) in [5.41, 5.74) is 1.94. The van der Waals surface area contributed by atoms with Gasteiger partial charge in [0.15, 0.2) is 6.61 Å². The van der Waals surface area contributed by atoms with Gasteiger partial charge in [-0.3, -0.25) is 9.59 Å². The molecular formula is C16H23NO4. The zero-order chi connectivity index (χ0) is 15.8. The maximum absolute atomic E-state index is 11.9. The number of carbonyl (C=O) groups is 2. The molecule has 0 saturated heterocycles. The van der Waals surface area contributed by atoms with Gasteiger partial charge in [-0.05, 0) is 31.4 Å². The Morgan fingerprint density at radius 1 is 1.29 bits per heavy atom. The second-order valence-corrected chi connectivity index (χ2v) is 5.16. The first-order valence-electron chi connectivity index (χ1n) is 7.14. The zero-order valence-corrected chi connectivity index (χ0v) is 12.8. The van der Waals surface area contributed by atoms with Crippen LogP contribution in [-0.4, -0.2) is 29.6 Å². The van der Waals surface area contributed by atoms with E-state index in [1.54, 1.807) is 0 Å². The van der Waals surface area contributed by atoms with Crippen LogP contribution in [0.3, 0.4) is 0 Å². The molecule has 0 radical (unpaired) electrons. The molecule has 0 aromatic heterocycles. The topological polar surface area (TPSA) is 75.6 Å². The Labute approximate surface area is 125 Å². The number of aliphatic carboxylic acids is 1. The van der Waals surface area contributed by atoms with Gasteiger partial charge >= 0.3 is 5.97 Å². The van der Waals surface area contributed by atoms with Crippen LogP contribution in [-0.2, 0) is 9.59 Å². The molecule has 2 N–H and O–H groups in total. The van der Waals surface area contributed by atoms with Gasteiger partial charge in [-0.1, -0.05) is 31.5 Å². The van der Waals surface area contributed by atoms with Crippen molar-refractivity contribution in [3.63, 3.8) is 0 Å². The summed E-state index contributed by atoms with van der Waals surface area (Å²) in [7, 11) is 0. The van der Waals surface area contributed by atoms with E-state index in [1.807, 2.05) is 39.0 Å². The Hall–Kier alpha value is -2.04. The molecule has 0 aliphatic carbocycles. The average molecular weight is 293 g/mol. The lowest BCUT2D eigenvalue weighted by Crippen LogP contribution is -2.39. The summed E-state index contributed by atoms with van der Waals surface area (Å²) >= 11 is 0. The van der Waals surface area contributed by atoms with Crippen LogP contribution < -0.4 is 10.1 Å². The highest BCUT2D eigenvalue weighted by molar-refractivity contribution is 5.78. The maximum Gasteiger partial charge on any atom is 0.305 e. The van der Waals surface area contributed by atoms with Crippen LogP contribution >= 0.6 is 0 Å². The molecule has 5 nitrogen and oxygen atoms in total. The highest BCUT2D eigenvalue weighted by Gasteiger charge is 2.16. The quantitative estimate of drug-likeness (QED) is 0.772. The molecular weight excluding hydrogens is 270 g/mol. The van der Waals surface area contributed by atoms with Gasteiger partial charge < -0.3 is 15.2 Å². The molecule has 21 heavy (non-hydrogen) atoms. The standard InChI is InChI=1S/C16H23NO4/c1-4-6-13(9-15(19)20)17-14(18)10-21-16-11(2)7-5-8-12(16)3/h5,7-8,13H,4,6,9-10H2,1-3H3,(H,17,18)(H,19,20). The molecule has 0 aliphatic rings. The van der Waals surface area contributed by atoms with E-state index < -0.39 is 5.97 Å². The second-order valence-electron chi connectivity index (χ2n) is 5.16. The highest BCUT2D eigenvalue weighted by Crippen LogP contribution is 2.22. The SMILES string of the molecule is CCCC(CC(=O)O)NC(=O)COc1c(C)cccc1C. The largest absolute Gasteiger partial charge is 0.483 e. The zero-order valence-electron chi connectivity index (χ0n) is 12.8. The number of amides is 1. The Bertz CT molecular complexity index is 479. The van der Waals surface area contributed by atoms with E-state index in [2.05, 4.69) is 5.32 Å². The number of hydrogen-bond donors (Lipinski definition) is 2. The number of carbonyl (C=O) groups excluding carboxylic acids is 1. The molecule has 0 aliphatic heterocycles. The van der Waals surface area contributed by atoms with E-state index in [9.17, 15) is 9.59 Å². The molecule has 5 heteroatoms. The normalized spacial score (nSPS) is 11.8. The van der Waals surface area contributed by atoms with Crippen LogP contribution in [0.5, 0.6) is 5.75 Å². The number of para-hydroxylation sites is 1. The number of ether oxygens (including phenoxy) is 1. The maximum atomic E-state index is 11.9. The summed E-state index contributed by atoms with van der Waals surface area (Å²) < 4.78 is 5.55. The second kappa shape index (κ2) is 8.29. The smallest absolute Gasteiger partial charge is 0.305 e. The van der Waals surface area contributed by atoms with E-state index in [0.717, 1.165) is 17.5 Å². The summed E-state index contributed by atoms with van der Waals surface area (Å²) in [6, 6.07) is 5.43. The minimum Gasteiger partial charge on any atom is -0.483 e. The third-order valence-electron chi connectivity index (χ3n) is 3.18. The predicted molar refractivity (Wildman–Crippen MR) is 80.5 cm³/mol.